The molecule has 1 unspecified atom stereocenters. The van der Waals surface area contributed by atoms with Crippen LogP contribution in [0.25, 0.3) is 10.8 Å². The van der Waals surface area contributed by atoms with Gasteiger partial charge in [-0.25, -0.2) is 8.42 Å². The second-order valence-corrected chi connectivity index (χ2v) is 13.3. The van der Waals surface area contributed by atoms with Crippen LogP contribution in [0.3, 0.4) is 0 Å². The van der Waals surface area contributed by atoms with E-state index in [9.17, 15) is 38.4 Å². The number of sulfonamides is 1. The zero-order valence-electron chi connectivity index (χ0n) is 26.3. The van der Waals surface area contributed by atoms with Gasteiger partial charge in [0.05, 0.1) is 30.8 Å². The zero-order valence-corrected chi connectivity index (χ0v) is 27.1. The number of hydrogen-bond acceptors (Lipinski definition) is 11. The molecule has 14 heteroatoms. The number of anilines is 1. The van der Waals surface area contributed by atoms with E-state index in [1.807, 2.05) is 31.1 Å². The molecule has 6 N–H and O–H groups in total. The summed E-state index contributed by atoms with van der Waals surface area (Å²) in [5.41, 5.74) is 0.854. The van der Waals surface area contributed by atoms with Crippen molar-refractivity contribution in [2.45, 2.75) is 80.2 Å². The standard InChI is InChI=1S/C31H48N4O9S/c1-34(2)24-14-9-12-22-21(24)11-10-15-27(22)45(42,43)33-23(31(41)32-17-7-4-5-16-28(38)44-3)13-6-8-18-35-19-26(37)30(40)29(39)25(35)20-36/h9-12,14-15,23,25-26,29-30,33,36-37,39-40H,4-8,13,16-20H2,1-3H3,(H,32,41)/t23?,25-,26+,29+,30-/m1/s1. The number of piperidine rings is 1. The van der Waals surface area contributed by atoms with Crippen LogP contribution in [0.15, 0.2) is 41.3 Å². The number of methoxy groups -OCH3 is 1. The van der Waals surface area contributed by atoms with E-state index in [1.54, 1.807) is 23.1 Å². The predicted octanol–water partition coefficient (Wildman–Crippen LogP) is 0.332. The maximum absolute atomic E-state index is 13.8. The monoisotopic (exact) mass is 652 g/mol. The van der Waals surface area contributed by atoms with Crippen molar-refractivity contribution in [3.63, 3.8) is 0 Å². The largest absolute Gasteiger partial charge is 0.469 e. The molecule has 1 saturated heterocycles. The molecule has 0 spiro atoms. The molecule has 45 heavy (non-hydrogen) atoms. The number of aliphatic hydroxyl groups is 4. The van der Waals surface area contributed by atoms with Crippen LogP contribution < -0.4 is 14.9 Å². The van der Waals surface area contributed by atoms with Gasteiger partial charge in [-0.3, -0.25) is 14.5 Å². The Hall–Kier alpha value is -2.85. The average molecular weight is 653 g/mol. The Morgan fingerprint density at radius 2 is 1.71 bits per heavy atom. The summed E-state index contributed by atoms with van der Waals surface area (Å²) < 4.78 is 34.8. The van der Waals surface area contributed by atoms with Crippen LogP contribution >= 0.6 is 0 Å². The number of likely N-dealkylation sites (tertiary alicyclic amines) is 1. The zero-order chi connectivity index (χ0) is 33.1. The van der Waals surface area contributed by atoms with E-state index in [2.05, 4.69) is 14.8 Å². The van der Waals surface area contributed by atoms with Crippen LogP contribution in [0.1, 0.15) is 44.9 Å². The minimum atomic E-state index is -4.13. The minimum Gasteiger partial charge on any atom is -0.469 e. The lowest BCUT2D eigenvalue weighted by molar-refractivity contribution is -0.145. The van der Waals surface area contributed by atoms with Crippen LogP contribution in [0.4, 0.5) is 5.69 Å². The topological polar surface area (TPSA) is 189 Å². The van der Waals surface area contributed by atoms with Crippen LogP contribution in [0, 0.1) is 0 Å². The smallest absolute Gasteiger partial charge is 0.305 e. The number of nitrogens with one attached hydrogen (secondary N) is 2. The number of amides is 1. The van der Waals surface area contributed by atoms with Crippen molar-refractivity contribution in [2.24, 2.45) is 0 Å². The molecule has 0 saturated carbocycles. The van der Waals surface area contributed by atoms with Gasteiger partial charge in [-0.05, 0) is 44.4 Å². The molecular formula is C31H48N4O9S. The third-order valence-electron chi connectivity index (χ3n) is 8.23. The van der Waals surface area contributed by atoms with Gasteiger partial charge in [0, 0.05) is 50.1 Å². The fraction of sp³-hybridized carbons (Fsp3) is 0.613. The third kappa shape index (κ3) is 9.82. The summed E-state index contributed by atoms with van der Waals surface area (Å²) >= 11 is 0. The number of fused-ring (bicyclic) bond motifs is 1. The summed E-state index contributed by atoms with van der Waals surface area (Å²) in [6, 6.07) is 8.62. The summed E-state index contributed by atoms with van der Waals surface area (Å²) in [5, 5.41) is 44.2. The number of hydrogen-bond donors (Lipinski definition) is 6. The first-order chi connectivity index (χ1) is 21.4. The number of carbonyl (C=O) groups is 2. The van der Waals surface area contributed by atoms with E-state index in [-0.39, 0.29) is 30.3 Å². The summed E-state index contributed by atoms with van der Waals surface area (Å²) in [6.07, 6.45) is -0.586. The van der Waals surface area contributed by atoms with Crippen LogP contribution in [0.2, 0.25) is 0 Å². The van der Waals surface area contributed by atoms with E-state index in [4.69, 9.17) is 0 Å². The summed E-state index contributed by atoms with van der Waals surface area (Å²) in [6.45, 7) is 0.314. The van der Waals surface area contributed by atoms with Crippen LogP contribution in [-0.4, -0.2) is 123 Å². The van der Waals surface area contributed by atoms with Crippen molar-refractivity contribution in [1.29, 1.82) is 0 Å². The van der Waals surface area contributed by atoms with Gasteiger partial charge in [-0.15, -0.1) is 0 Å². The number of unbranched alkanes of at least 4 members (excludes halogenated alkanes) is 3. The molecule has 1 amide bonds. The maximum Gasteiger partial charge on any atom is 0.305 e. The third-order valence-corrected chi connectivity index (χ3v) is 9.76. The van der Waals surface area contributed by atoms with Gasteiger partial charge in [0.25, 0.3) is 0 Å². The molecule has 13 nitrogen and oxygen atoms in total. The SMILES string of the molecule is COC(=O)CCCCCNC(=O)C(CCCCN1C[C@H](O)[C@@H](O)[C@@H](O)[C@H]1CO)NS(=O)(=O)c1cccc2c(N(C)C)cccc12. The molecule has 1 aliphatic rings. The fourth-order valence-corrected chi connectivity index (χ4v) is 7.14. The summed E-state index contributed by atoms with van der Waals surface area (Å²) in [7, 11) is 0.947. The number of ether oxygens (including phenoxy) is 1. The summed E-state index contributed by atoms with van der Waals surface area (Å²) in [4.78, 5) is 28.3. The molecule has 0 aromatic heterocycles. The highest BCUT2D eigenvalue weighted by atomic mass is 32.2. The van der Waals surface area contributed by atoms with Gasteiger partial charge in [0.2, 0.25) is 15.9 Å². The number of benzene rings is 2. The molecule has 0 radical (unpaired) electrons. The van der Waals surface area contributed by atoms with Crippen LogP contribution in [-0.2, 0) is 24.3 Å². The predicted molar refractivity (Wildman–Crippen MR) is 170 cm³/mol. The maximum atomic E-state index is 13.8. The van der Waals surface area contributed by atoms with Gasteiger partial charge < -0.3 is 35.4 Å². The Morgan fingerprint density at radius 1 is 1.00 bits per heavy atom. The second kappa shape index (κ2) is 17.2. The number of carbonyl (C=O) groups excluding carboxylic acids is 2. The normalized spacial score (nSPS) is 21.4. The van der Waals surface area contributed by atoms with Gasteiger partial charge in [0.15, 0.2) is 0 Å². The van der Waals surface area contributed by atoms with Crippen LogP contribution in [0.5, 0.6) is 0 Å². The molecule has 2 aromatic rings. The number of rotatable bonds is 17. The van der Waals surface area contributed by atoms with Crippen molar-refractivity contribution in [2.75, 3.05) is 52.3 Å². The van der Waals surface area contributed by atoms with Gasteiger partial charge in [-0.2, -0.15) is 4.72 Å². The number of aliphatic hydroxyl groups excluding tert-OH is 4. The Bertz CT molecular complexity index is 1370. The Kier molecular flexibility index (Phi) is 14.0. The number of nitrogens with zero attached hydrogens (tertiary/aromatic N) is 2. The van der Waals surface area contributed by atoms with Crippen molar-refractivity contribution >= 4 is 38.4 Å². The van der Waals surface area contributed by atoms with Crippen molar-refractivity contribution < 1.29 is 43.2 Å². The lowest BCUT2D eigenvalue weighted by Gasteiger charge is -2.43. The van der Waals surface area contributed by atoms with E-state index in [1.165, 1.54) is 13.2 Å². The van der Waals surface area contributed by atoms with Gasteiger partial charge >= 0.3 is 5.97 Å². The molecule has 1 fully saturated rings. The fourth-order valence-electron chi connectivity index (χ4n) is 5.69. The molecule has 0 aliphatic carbocycles. The molecule has 2 aromatic carbocycles. The highest BCUT2D eigenvalue weighted by molar-refractivity contribution is 7.89. The Labute approximate surface area is 265 Å². The molecule has 3 rings (SSSR count). The minimum absolute atomic E-state index is 0.0601. The average Bonchev–Trinajstić information content (AvgIpc) is 3.01. The molecule has 0 bridgehead atoms. The first-order valence-electron chi connectivity index (χ1n) is 15.4. The van der Waals surface area contributed by atoms with Gasteiger partial charge in [-0.1, -0.05) is 37.1 Å². The Morgan fingerprint density at radius 3 is 2.40 bits per heavy atom. The molecular weight excluding hydrogens is 604 g/mol. The molecule has 5 atom stereocenters. The molecule has 1 aliphatic heterocycles. The highest BCUT2D eigenvalue weighted by Gasteiger charge is 2.40. The van der Waals surface area contributed by atoms with E-state index in [0.717, 1.165) is 11.1 Å². The van der Waals surface area contributed by atoms with E-state index in [0.29, 0.717) is 50.6 Å². The summed E-state index contributed by atoms with van der Waals surface area (Å²) in [5.74, 6) is -0.768. The quantitative estimate of drug-likeness (QED) is 0.102. The van der Waals surface area contributed by atoms with E-state index >= 15 is 0 Å². The lowest BCUT2D eigenvalue weighted by atomic mass is 9.94. The van der Waals surface area contributed by atoms with Crippen molar-refractivity contribution in [3.05, 3.63) is 36.4 Å². The van der Waals surface area contributed by atoms with Crippen molar-refractivity contribution in [3.8, 4) is 0 Å². The van der Waals surface area contributed by atoms with Crippen molar-refractivity contribution in [1.82, 2.24) is 14.9 Å². The lowest BCUT2D eigenvalue weighted by Crippen LogP contribution is -2.62. The number of β-amino-alcohol motifs (C(OH)–C–C–N with tert-alkyl or cyclic N) is 1. The Balaban J connectivity index is 1.71. The first kappa shape index (κ1) is 36.6. The molecule has 1 heterocycles. The van der Waals surface area contributed by atoms with E-state index < -0.39 is 52.9 Å². The van der Waals surface area contributed by atoms with Gasteiger partial charge in [0.1, 0.15) is 18.2 Å². The number of esters is 1. The molecule has 252 valence electrons. The first-order valence-corrected chi connectivity index (χ1v) is 16.8. The highest BCUT2D eigenvalue weighted by Crippen LogP contribution is 2.30. The second-order valence-electron chi connectivity index (χ2n) is 11.7.